The summed E-state index contributed by atoms with van der Waals surface area (Å²) in [6.07, 6.45) is -1.63. The van der Waals surface area contributed by atoms with E-state index >= 15 is 0 Å². The van der Waals surface area contributed by atoms with Crippen molar-refractivity contribution in [3.8, 4) is 16.9 Å². The van der Waals surface area contributed by atoms with E-state index in [2.05, 4.69) is 20.4 Å². The molecule has 1 unspecified atom stereocenters. The number of hydrogen-bond donors (Lipinski definition) is 2. The average molecular weight is 562 g/mol. The lowest BCUT2D eigenvalue weighted by atomic mass is 10.1. The van der Waals surface area contributed by atoms with Crippen LogP contribution in [-0.4, -0.2) is 43.5 Å². The number of alkyl halides is 3. The number of aromatic nitrogens is 4. The van der Waals surface area contributed by atoms with Gasteiger partial charge in [-0.15, -0.1) is 0 Å². The maximum absolute atomic E-state index is 13.6. The van der Waals surface area contributed by atoms with Gasteiger partial charge in [0.25, 0.3) is 0 Å². The average Bonchev–Trinajstić information content (AvgIpc) is 3.54. The van der Waals surface area contributed by atoms with Crippen LogP contribution in [0.3, 0.4) is 0 Å². The molecule has 2 N–H and O–H groups in total. The van der Waals surface area contributed by atoms with E-state index in [4.69, 9.17) is 11.6 Å². The van der Waals surface area contributed by atoms with Gasteiger partial charge in [0.05, 0.1) is 11.6 Å². The molecule has 1 amide bonds. The molecule has 4 aromatic rings. The fourth-order valence-electron chi connectivity index (χ4n) is 4.88. The van der Waals surface area contributed by atoms with Crippen molar-refractivity contribution in [2.45, 2.75) is 32.0 Å². The highest BCUT2D eigenvalue weighted by Crippen LogP contribution is 2.38. The summed E-state index contributed by atoms with van der Waals surface area (Å²) in [7, 11) is 0. The third kappa shape index (κ3) is 4.92. The highest BCUT2D eigenvalue weighted by molar-refractivity contribution is 6.31. The third-order valence-electron chi connectivity index (χ3n) is 6.89. The summed E-state index contributed by atoms with van der Waals surface area (Å²) in [4.78, 5) is 21.1. The van der Waals surface area contributed by atoms with Gasteiger partial charge < -0.3 is 10.4 Å². The summed E-state index contributed by atoms with van der Waals surface area (Å²) in [5, 5.41) is 16.6. The molecule has 202 valence electrons. The van der Waals surface area contributed by atoms with Crippen LogP contribution in [0, 0.1) is 5.82 Å². The number of nitrogens with zero attached hydrogens (tertiary/aromatic N) is 5. The number of halogens is 5. The zero-order valence-electron chi connectivity index (χ0n) is 20.5. The number of carbonyl (C=O) groups is 1. The largest absolute Gasteiger partial charge is 0.518 e. The smallest absolute Gasteiger partial charge is 0.435 e. The van der Waals surface area contributed by atoms with E-state index in [0.29, 0.717) is 29.0 Å². The molecule has 5 rings (SSSR count). The highest BCUT2D eigenvalue weighted by Gasteiger charge is 2.48. The highest BCUT2D eigenvalue weighted by atomic mass is 35.5. The summed E-state index contributed by atoms with van der Waals surface area (Å²) in [5.41, 5.74) is 0.611. The topological polar surface area (TPSA) is 92.9 Å². The Hall–Kier alpha value is -4.03. The van der Waals surface area contributed by atoms with E-state index in [9.17, 15) is 27.5 Å². The molecule has 1 aliphatic heterocycles. The van der Waals surface area contributed by atoms with E-state index in [-0.39, 0.29) is 27.3 Å². The van der Waals surface area contributed by atoms with Gasteiger partial charge in [-0.3, -0.25) is 0 Å². The monoisotopic (exact) mass is 561 g/mol. The number of benzene rings is 2. The van der Waals surface area contributed by atoms with Crippen LogP contribution < -0.4 is 9.80 Å². The standard InChI is InChI=1S/C26H21ClF4N6O2/c1-15-4-3-11-37(15,25(38)39)18-6-2-5-16(12-18)19-14-32-24(33-17-7-8-21(28)20(27)13-17)34-23(19)36-10-9-22(35-36)26(29,30)31/h2,5-10,12-15H,3-4,11H2,1H3,(H-,32,33,34,38,39)/p+1/t15-,37?/m1/s1. The fourth-order valence-corrected chi connectivity index (χ4v) is 5.06. The molecule has 2 atom stereocenters. The second-order valence-electron chi connectivity index (χ2n) is 9.24. The zero-order valence-corrected chi connectivity index (χ0v) is 21.2. The minimum absolute atomic E-state index is 0.00107. The molecular weight excluding hydrogens is 540 g/mol. The normalized spacial score (nSPS) is 19.3. The number of rotatable bonds is 5. The molecule has 13 heteroatoms. The quantitative estimate of drug-likeness (QED) is 0.200. The Bertz CT molecular complexity index is 1560. The Balaban J connectivity index is 1.62. The van der Waals surface area contributed by atoms with Crippen molar-refractivity contribution in [3.63, 3.8) is 0 Å². The van der Waals surface area contributed by atoms with Crippen molar-refractivity contribution in [2.75, 3.05) is 11.9 Å². The lowest BCUT2D eigenvalue weighted by molar-refractivity contribution is -0.141. The van der Waals surface area contributed by atoms with Crippen LogP contribution in [0.15, 0.2) is 60.9 Å². The maximum Gasteiger partial charge on any atom is 0.518 e. The first kappa shape index (κ1) is 26.6. The Morgan fingerprint density at radius 1 is 1.21 bits per heavy atom. The molecule has 1 fully saturated rings. The molecule has 3 heterocycles. The molecule has 39 heavy (non-hydrogen) atoms. The molecule has 0 saturated carbocycles. The molecule has 8 nitrogen and oxygen atoms in total. The molecule has 1 aliphatic rings. The van der Waals surface area contributed by atoms with Crippen LogP contribution in [-0.2, 0) is 6.18 Å². The summed E-state index contributed by atoms with van der Waals surface area (Å²) in [5.74, 6) is -0.604. The van der Waals surface area contributed by atoms with Crippen molar-refractivity contribution < 1.29 is 27.5 Å². The minimum atomic E-state index is -4.67. The number of carboxylic acid groups (broad SMARTS) is 1. The van der Waals surface area contributed by atoms with E-state index in [0.717, 1.165) is 35.9 Å². The Morgan fingerprint density at radius 2 is 2.00 bits per heavy atom. The second-order valence-corrected chi connectivity index (χ2v) is 9.65. The number of nitrogens with one attached hydrogen (secondary N) is 1. The van der Waals surface area contributed by atoms with Gasteiger partial charge in [-0.05, 0) is 42.8 Å². The van der Waals surface area contributed by atoms with E-state index < -0.39 is 23.8 Å². The van der Waals surface area contributed by atoms with Gasteiger partial charge in [-0.1, -0.05) is 23.7 Å². The van der Waals surface area contributed by atoms with E-state index in [1.807, 2.05) is 6.92 Å². The lowest BCUT2D eigenvalue weighted by Gasteiger charge is -2.32. The van der Waals surface area contributed by atoms with Crippen LogP contribution in [0.4, 0.5) is 39.7 Å². The zero-order chi connectivity index (χ0) is 27.9. The van der Waals surface area contributed by atoms with Gasteiger partial charge in [-0.25, -0.2) is 14.1 Å². The molecule has 0 spiro atoms. The van der Waals surface area contributed by atoms with Gasteiger partial charge in [0.1, 0.15) is 17.5 Å². The SMILES string of the molecule is C[C@@H]1CCC[N+]1(C(=O)O)c1cccc(-c2cnc(Nc3ccc(F)c(Cl)c3)nc2-n2ccc(C(F)(F)F)n2)c1. The van der Waals surface area contributed by atoms with Gasteiger partial charge in [0, 0.05) is 42.6 Å². The molecule has 1 saturated heterocycles. The predicted octanol–water partition coefficient (Wildman–Crippen LogP) is 7.05. The summed E-state index contributed by atoms with van der Waals surface area (Å²) >= 11 is 5.85. The van der Waals surface area contributed by atoms with E-state index in [1.165, 1.54) is 18.3 Å². The maximum atomic E-state index is 13.6. The van der Waals surface area contributed by atoms with Crippen molar-refractivity contribution in [2.24, 2.45) is 0 Å². The van der Waals surface area contributed by atoms with Crippen molar-refractivity contribution in [1.29, 1.82) is 0 Å². The van der Waals surface area contributed by atoms with Crippen LogP contribution >= 0.6 is 11.6 Å². The minimum Gasteiger partial charge on any atom is -0.435 e. The number of amides is 1. The summed E-state index contributed by atoms with van der Waals surface area (Å²) in [6, 6.07) is 11.3. The predicted molar refractivity (Wildman–Crippen MR) is 138 cm³/mol. The first-order valence-electron chi connectivity index (χ1n) is 11.9. The van der Waals surface area contributed by atoms with Crippen molar-refractivity contribution >= 4 is 35.0 Å². The van der Waals surface area contributed by atoms with Crippen LogP contribution in [0.2, 0.25) is 5.02 Å². The molecule has 0 aliphatic carbocycles. The van der Waals surface area contributed by atoms with Crippen molar-refractivity contribution in [3.05, 3.63) is 77.5 Å². The number of anilines is 2. The first-order valence-corrected chi connectivity index (χ1v) is 12.3. The van der Waals surface area contributed by atoms with E-state index in [1.54, 1.807) is 24.3 Å². The Labute approximate surface area is 225 Å². The Morgan fingerprint density at radius 3 is 2.64 bits per heavy atom. The molecule has 0 bridgehead atoms. The number of quaternary nitrogens is 1. The first-order chi connectivity index (χ1) is 18.5. The fraction of sp³-hybridized carbons (Fsp3) is 0.231. The summed E-state index contributed by atoms with van der Waals surface area (Å²) in [6.45, 7) is 2.30. The summed E-state index contributed by atoms with van der Waals surface area (Å²) < 4.78 is 54.3. The van der Waals surface area contributed by atoms with Crippen molar-refractivity contribution in [1.82, 2.24) is 24.2 Å². The number of hydrogen-bond acceptors (Lipinski definition) is 5. The van der Waals surface area contributed by atoms with Crippen LogP contribution in [0.25, 0.3) is 16.9 Å². The van der Waals surface area contributed by atoms with Gasteiger partial charge in [-0.2, -0.15) is 32.5 Å². The van der Waals surface area contributed by atoms with Crippen LogP contribution in [0.5, 0.6) is 0 Å². The molecule has 2 aromatic heterocycles. The third-order valence-corrected chi connectivity index (χ3v) is 7.17. The second kappa shape index (κ2) is 9.93. The Kier molecular flexibility index (Phi) is 6.77. The molecule has 2 aromatic carbocycles. The number of likely N-dealkylation sites (tertiary alicyclic amines) is 1. The van der Waals surface area contributed by atoms with Gasteiger partial charge >= 0.3 is 12.3 Å². The molecular formula is C26H22ClF4N6O2+. The molecule has 0 radical (unpaired) electrons. The van der Waals surface area contributed by atoms with Gasteiger partial charge in [0.15, 0.2) is 11.5 Å². The van der Waals surface area contributed by atoms with Crippen LogP contribution in [0.1, 0.15) is 25.5 Å². The lowest BCUT2D eigenvalue weighted by Crippen LogP contribution is -2.55. The van der Waals surface area contributed by atoms with Gasteiger partial charge in [0.2, 0.25) is 5.95 Å².